The summed E-state index contributed by atoms with van der Waals surface area (Å²) in [5.41, 5.74) is -0.0729. The molecule has 3 rings (SSSR count). The largest absolute Gasteiger partial charge is 0.480 e. The number of likely N-dealkylation sites (tertiary alicyclic amines) is 1. The molecule has 1 aromatic heterocycles. The van der Waals surface area contributed by atoms with E-state index in [1.165, 1.54) is 0 Å². The van der Waals surface area contributed by atoms with Crippen molar-refractivity contribution >= 4 is 5.97 Å². The van der Waals surface area contributed by atoms with Gasteiger partial charge in [-0.05, 0) is 44.2 Å². The van der Waals surface area contributed by atoms with Crippen molar-refractivity contribution in [2.75, 3.05) is 26.8 Å². The average molecular weight is 336 g/mol. The summed E-state index contributed by atoms with van der Waals surface area (Å²) in [6, 6.07) is 4.44. The van der Waals surface area contributed by atoms with Crippen molar-refractivity contribution in [2.45, 2.75) is 56.4 Å². The smallest absolute Gasteiger partial charge is 0.329 e. The molecule has 0 bridgehead atoms. The molecule has 2 fully saturated rings. The predicted molar refractivity (Wildman–Crippen MR) is 90.0 cm³/mol. The lowest BCUT2D eigenvalue weighted by Gasteiger charge is -2.43. The summed E-state index contributed by atoms with van der Waals surface area (Å²) in [6.07, 6.45) is 9.08. The van der Waals surface area contributed by atoms with Gasteiger partial charge in [0.25, 0.3) is 0 Å². The second-order valence-corrected chi connectivity index (χ2v) is 6.95. The Kier molecular flexibility index (Phi) is 5.58. The van der Waals surface area contributed by atoms with Crippen LogP contribution in [0.15, 0.2) is 24.5 Å². The summed E-state index contributed by atoms with van der Waals surface area (Å²) in [5.74, 6) is -0.895. The Labute approximate surface area is 143 Å². The molecule has 0 aromatic carbocycles. The van der Waals surface area contributed by atoms with E-state index in [4.69, 9.17) is 14.6 Å². The minimum atomic E-state index is -0.895. The SMILES string of the molecule is CO[C@@]12CCC(OCC(=O)O)CC1N(CCCn1cccc1)CC2. The van der Waals surface area contributed by atoms with Gasteiger partial charge in [-0.1, -0.05) is 0 Å². The Balaban J connectivity index is 1.55. The van der Waals surface area contributed by atoms with Crippen LogP contribution in [0.25, 0.3) is 0 Å². The monoisotopic (exact) mass is 336 g/mol. The standard InChI is InChI=1S/C18H28N2O4/c1-23-18-6-5-15(24-14-17(21)22)13-16(18)20(12-7-18)11-4-10-19-8-2-3-9-19/h2-3,8-9,15-16H,4-7,10-14H2,1H3,(H,21,22)/t15?,16?,18-/m1/s1. The Bertz CT molecular complexity index is 533. The highest BCUT2D eigenvalue weighted by molar-refractivity contribution is 5.68. The highest BCUT2D eigenvalue weighted by atomic mass is 16.5. The second kappa shape index (κ2) is 7.68. The maximum absolute atomic E-state index is 10.7. The Morgan fingerprint density at radius 2 is 2.08 bits per heavy atom. The molecule has 1 aliphatic carbocycles. The molecule has 1 N–H and O–H groups in total. The second-order valence-electron chi connectivity index (χ2n) is 6.95. The first-order valence-electron chi connectivity index (χ1n) is 8.86. The van der Waals surface area contributed by atoms with Crippen molar-refractivity contribution in [1.29, 1.82) is 0 Å². The van der Waals surface area contributed by atoms with E-state index in [0.717, 1.165) is 51.7 Å². The fourth-order valence-corrected chi connectivity index (χ4v) is 4.34. The lowest BCUT2D eigenvalue weighted by atomic mass is 9.79. The highest BCUT2D eigenvalue weighted by Gasteiger charge is 2.50. The number of ether oxygens (including phenoxy) is 2. The Morgan fingerprint density at radius 3 is 2.79 bits per heavy atom. The van der Waals surface area contributed by atoms with Crippen LogP contribution in [0, 0.1) is 0 Å². The highest BCUT2D eigenvalue weighted by Crippen LogP contribution is 2.43. The number of aromatic nitrogens is 1. The van der Waals surface area contributed by atoms with E-state index < -0.39 is 5.97 Å². The van der Waals surface area contributed by atoms with Gasteiger partial charge in [0.15, 0.2) is 0 Å². The number of carbonyl (C=O) groups is 1. The van der Waals surface area contributed by atoms with Gasteiger partial charge < -0.3 is 19.1 Å². The van der Waals surface area contributed by atoms with Crippen LogP contribution in [0.2, 0.25) is 0 Å². The van der Waals surface area contributed by atoms with Crippen LogP contribution in [-0.4, -0.2) is 65.1 Å². The summed E-state index contributed by atoms with van der Waals surface area (Å²) in [7, 11) is 1.81. The number of carboxylic acid groups (broad SMARTS) is 1. The first-order valence-corrected chi connectivity index (χ1v) is 8.86. The summed E-state index contributed by atoms with van der Waals surface area (Å²) < 4.78 is 13.7. The van der Waals surface area contributed by atoms with Crippen LogP contribution in [0.4, 0.5) is 0 Å². The van der Waals surface area contributed by atoms with E-state index in [-0.39, 0.29) is 18.3 Å². The zero-order valence-electron chi connectivity index (χ0n) is 14.4. The van der Waals surface area contributed by atoms with Gasteiger partial charge in [-0.25, -0.2) is 4.79 Å². The third kappa shape index (κ3) is 3.82. The van der Waals surface area contributed by atoms with Crippen LogP contribution >= 0.6 is 0 Å². The number of carboxylic acids is 1. The van der Waals surface area contributed by atoms with Gasteiger partial charge in [0.1, 0.15) is 6.61 Å². The predicted octanol–water partition coefficient (Wildman–Crippen LogP) is 1.99. The molecule has 6 nitrogen and oxygen atoms in total. The number of aryl methyl sites for hydroxylation is 1. The number of aliphatic carboxylic acids is 1. The normalized spacial score (nSPS) is 30.4. The number of methoxy groups -OCH3 is 1. The molecular formula is C18H28N2O4. The third-order valence-electron chi connectivity index (χ3n) is 5.62. The van der Waals surface area contributed by atoms with E-state index in [0.29, 0.717) is 6.04 Å². The molecule has 0 amide bonds. The quantitative estimate of drug-likeness (QED) is 0.786. The van der Waals surface area contributed by atoms with Gasteiger partial charge in [0, 0.05) is 45.2 Å². The molecule has 0 radical (unpaired) electrons. The fourth-order valence-electron chi connectivity index (χ4n) is 4.34. The average Bonchev–Trinajstić information content (AvgIpc) is 3.21. The van der Waals surface area contributed by atoms with Crippen LogP contribution < -0.4 is 0 Å². The maximum atomic E-state index is 10.7. The molecule has 6 heteroatoms. The maximum Gasteiger partial charge on any atom is 0.329 e. The molecule has 1 saturated heterocycles. The van der Waals surface area contributed by atoms with Gasteiger partial charge in [-0.15, -0.1) is 0 Å². The van der Waals surface area contributed by atoms with Crippen molar-refractivity contribution in [2.24, 2.45) is 0 Å². The first kappa shape index (κ1) is 17.5. The molecular weight excluding hydrogens is 308 g/mol. The molecule has 1 saturated carbocycles. The van der Waals surface area contributed by atoms with Crippen LogP contribution in [-0.2, 0) is 20.8 Å². The van der Waals surface area contributed by atoms with Crippen molar-refractivity contribution in [1.82, 2.24) is 9.47 Å². The molecule has 24 heavy (non-hydrogen) atoms. The zero-order chi connectivity index (χ0) is 17.0. The van der Waals surface area contributed by atoms with Gasteiger partial charge in [-0.3, -0.25) is 4.90 Å². The van der Waals surface area contributed by atoms with Gasteiger partial charge in [-0.2, -0.15) is 0 Å². The molecule has 1 aromatic rings. The molecule has 2 unspecified atom stereocenters. The van der Waals surface area contributed by atoms with Gasteiger partial charge in [0.2, 0.25) is 0 Å². The number of rotatable bonds is 8. The summed E-state index contributed by atoms with van der Waals surface area (Å²) in [4.78, 5) is 13.3. The molecule has 1 aliphatic heterocycles. The van der Waals surface area contributed by atoms with Crippen LogP contribution in [0.1, 0.15) is 32.1 Å². The number of nitrogens with zero attached hydrogens (tertiary/aromatic N) is 2. The topological polar surface area (TPSA) is 63.9 Å². The minimum Gasteiger partial charge on any atom is -0.480 e. The fraction of sp³-hybridized carbons (Fsp3) is 0.722. The van der Waals surface area contributed by atoms with E-state index >= 15 is 0 Å². The van der Waals surface area contributed by atoms with Crippen molar-refractivity contribution in [3.63, 3.8) is 0 Å². The summed E-state index contributed by atoms with van der Waals surface area (Å²) in [5, 5.41) is 8.82. The van der Waals surface area contributed by atoms with E-state index in [1.807, 2.05) is 7.11 Å². The van der Waals surface area contributed by atoms with Crippen molar-refractivity contribution in [3.8, 4) is 0 Å². The van der Waals surface area contributed by atoms with Crippen molar-refractivity contribution in [3.05, 3.63) is 24.5 Å². The molecule has 3 atom stereocenters. The molecule has 0 spiro atoms. The van der Waals surface area contributed by atoms with E-state index in [1.54, 1.807) is 0 Å². The first-order chi connectivity index (χ1) is 11.6. The third-order valence-corrected chi connectivity index (χ3v) is 5.62. The van der Waals surface area contributed by atoms with Crippen LogP contribution in [0.3, 0.4) is 0 Å². The van der Waals surface area contributed by atoms with Crippen LogP contribution in [0.5, 0.6) is 0 Å². The van der Waals surface area contributed by atoms with E-state index in [2.05, 4.69) is 34.0 Å². The van der Waals surface area contributed by atoms with Crippen molar-refractivity contribution < 1.29 is 19.4 Å². The zero-order valence-corrected chi connectivity index (χ0v) is 14.4. The Morgan fingerprint density at radius 1 is 1.29 bits per heavy atom. The van der Waals surface area contributed by atoms with Gasteiger partial charge in [0.05, 0.1) is 11.7 Å². The van der Waals surface area contributed by atoms with Gasteiger partial charge >= 0.3 is 5.97 Å². The number of fused-ring (bicyclic) bond motifs is 1. The Hall–Kier alpha value is -1.37. The molecule has 2 heterocycles. The lowest BCUT2D eigenvalue weighted by Crippen LogP contribution is -2.52. The number of hydrogen-bond acceptors (Lipinski definition) is 4. The summed E-state index contributed by atoms with van der Waals surface area (Å²) in [6.45, 7) is 2.91. The lowest BCUT2D eigenvalue weighted by molar-refractivity contribution is -0.148. The summed E-state index contributed by atoms with van der Waals surface area (Å²) >= 11 is 0. The molecule has 134 valence electrons. The molecule has 2 aliphatic rings. The minimum absolute atomic E-state index is 0.0272. The number of hydrogen-bond donors (Lipinski definition) is 1. The van der Waals surface area contributed by atoms with E-state index in [9.17, 15) is 4.79 Å².